The maximum Gasteiger partial charge on any atom is 0.315 e. The van der Waals surface area contributed by atoms with Crippen LogP contribution in [0.3, 0.4) is 0 Å². The predicted molar refractivity (Wildman–Crippen MR) is 98.9 cm³/mol. The Morgan fingerprint density at radius 2 is 1.76 bits per heavy atom. The summed E-state index contributed by atoms with van der Waals surface area (Å²) in [6, 6.07) is 13.8. The van der Waals surface area contributed by atoms with Gasteiger partial charge in [0.05, 0.1) is 5.92 Å². The van der Waals surface area contributed by atoms with Crippen LogP contribution in [0.15, 0.2) is 42.5 Å². The number of nitrogens with one attached hydrogen (secondary N) is 2. The van der Waals surface area contributed by atoms with E-state index >= 15 is 0 Å². The molecule has 0 heterocycles. The second-order valence-corrected chi connectivity index (χ2v) is 6.72. The van der Waals surface area contributed by atoms with E-state index in [1.54, 1.807) is 0 Å². The lowest BCUT2D eigenvalue weighted by atomic mass is 9.94. The molecule has 0 bridgehead atoms. The average Bonchev–Trinajstić information content (AvgIpc) is 2.85. The summed E-state index contributed by atoms with van der Waals surface area (Å²) in [6.07, 6.45) is 4.64. The second-order valence-electron chi connectivity index (χ2n) is 6.72. The molecule has 3 amide bonds. The van der Waals surface area contributed by atoms with Crippen molar-refractivity contribution >= 4 is 22.7 Å². The number of primary amides is 1. The normalized spacial score (nSPS) is 20.6. The maximum absolute atomic E-state index is 12.3. The second kappa shape index (κ2) is 8.01. The fourth-order valence-corrected chi connectivity index (χ4v) is 3.66. The van der Waals surface area contributed by atoms with Crippen LogP contribution in [0.4, 0.5) is 4.79 Å². The molecule has 0 aliphatic heterocycles. The SMILES string of the molecule is NC(=O)C1CCCCCC1NC(=O)NCc1cccc2ccccc12. The predicted octanol–water partition coefficient (Wildman–Crippen LogP) is 3.07. The molecule has 1 aliphatic carbocycles. The van der Waals surface area contributed by atoms with Crippen LogP contribution in [0.5, 0.6) is 0 Å². The van der Waals surface area contributed by atoms with Crippen molar-refractivity contribution in [2.24, 2.45) is 11.7 Å². The van der Waals surface area contributed by atoms with E-state index < -0.39 is 0 Å². The van der Waals surface area contributed by atoms with Crippen molar-refractivity contribution in [1.82, 2.24) is 10.6 Å². The zero-order valence-corrected chi connectivity index (χ0v) is 14.3. The molecule has 0 radical (unpaired) electrons. The molecule has 0 spiro atoms. The highest BCUT2D eigenvalue weighted by atomic mass is 16.2. The Kier molecular flexibility index (Phi) is 5.53. The van der Waals surface area contributed by atoms with Crippen LogP contribution >= 0.6 is 0 Å². The number of amides is 3. The van der Waals surface area contributed by atoms with Crippen LogP contribution < -0.4 is 16.4 Å². The lowest BCUT2D eigenvalue weighted by Gasteiger charge is -2.23. The van der Waals surface area contributed by atoms with Gasteiger partial charge in [-0.2, -0.15) is 0 Å². The molecule has 25 heavy (non-hydrogen) atoms. The standard InChI is InChI=1S/C20H25N3O2/c21-19(24)17-11-2-1-3-12-18(17)23-20(25)22-13-15-9-6-8-14-7-4-5-10-16(14)15/h4-10,17-18H,1-3,11-13H2,(H2,21,24)(H2,22,23,25). The molecule has 2 aromatic rings. The van der Waals surface area contributed by atoms with Crippen LogP contribution in [-0.4, -0.2) is 18.0 Å². The summed E-state index contributed by atoms with van der Waals surface area (Å²) in [6.45, 7) is 0.446. The molecule has 0 saturated heterocycles. The van der Waals surface area contributed by atoms with Gasteiger partial charge in [0, 0.05) is 12.6 Å². The summed E-state index contributed by atoms with van der Waals surface area (Å²) in [7, 11) is 0. The van der Waals surface area contributed by atoms with E-state index in [9.17, 15) is 9.59 Å². The zero-order chi connectivity index (χ0) is 17.6. The summed E-state index contributed by atoms with van der Waals surface area (Å²) in [5, 5.41) is 8.16. The molecule has 132 valence electrons. The van der Waals surface area contributed by atoms with Crippen molar-refractivity contribution < 1.29 is 9.59 Å². The molecule has 1 fully saturated rings. The summed E-state index contributed by atoms with van der Waals surface area (Å²) in [5.74, 6) is -0.591. The van der Waals surface area contributed by atoms with Gasteiger partial charge in [0.1, 0.15) is 0 Å². The molecule has 2 unspecified atom stereocenters. The van der Waals surface area contributed by atoms with E-state index in [-0.39, 0.29) is 23.9 Å². The van der Waals surface area contributed by atoms with Crippen LogP contribution in [0.2, 0.25) is 0 Å². The number of nitrogens with two attached hydrogens (primary N) is 1. The van der Waals surface area contributed by atoms with Crippen LogP contribution in [-0.2, 0) is 11.3 Å². The molecule has 5 heteroatoms. The average molecular weight is 339 g/mol. The number of benzene rings is 2. The van der Waals surface area contributed by atoms with E-state index in [4.69, 9.17) is 5.73 Å². The number of hydrogen-bond donors (Lipinski definition) is 3. The first-order valence-corrected chi connectivity index (χ1v) is 8.95. The molecule has 4 N–H and O–H groups in total. The van der Waals surface area contributed by atoms with Crippen molar-refractivity contribution in [3.8, 4) is 0 Å². The Morgan fingerprint density at radius 3 is 2.60 bits per heavy atom. The van der Waals surface area contributed by atoms with Gasteiger partial charge in [-0.15, -0.1) is 0 Å². The highest BCUT2D eigenvalue weighted by molar-refractivity contribution is 5.86. The third-order valence-electron chi connectivity index (χ3n) is 5.02. The smallest absolute Gasteiger partial charge is 0.315 e. The molecule has 3 rings (SSSR count). The van der Waals surface area contributed by atoms with E-state index in [2.05, 4.69) is 28.8 Å². The van der Waals surface area contributed by atoms with Gasteiger partial charge in [-0.1, -0.05) is 61.7 Å². The van der Waals surface area contributed by atoms with Gasteiger partial charge < -0.3 is 16.4 Å². The lowest BCUT2D eigenvalue weighted by Crippen LogP contribution is -2.48. The van der Waals surface area contributed by atoms with Crippen molar-refractivity contribution in [1.29, 1.82) is 0 Å². The van der Waals surface area contributed by atoms with Gasteiger partial charge in [-0.25, -0.2) is 4.79 Å². The Balaban J connectivity index is 1.62. The molecular weight excluding hydrogens is 314 g/mol. The Bertz CT molecular complexity index is 754. The summed E-state index contributed by atoms with van der Waals surface area (Å²) >= 11 is 0. The van der Waals surface area contributed by atoms with Crippen LogP contribution in [0.25, 0.3) is 10.8 Å². The topological polar surface area (TPSA) is 84.2 Å². The number of rotatable bonds is 4. The zero-order valence-electron chi connectivity index (χ0n) is 14.3. The van der Waals surface area contributed by atoms with Crippen molar-refractivity contribution in [2.45, 2.75) is 44.7 Å². The van der Waals surface area contributed by atoms with Gasteiger partial charge >= 0.3 is 6.03 Å². The van der Waals surface area contributed by atoms with Gasteiger partial charge in [0.2, 0.25) is 5.91 Å². The number of carbonyl (C=O) groups is 2. The van der Waals surface area contributed by atoms with Crippen LogP contribution in [0.1, 0.15) is 37.7 Å². The largest absolute Gasteiger partial charge is 0.369 e. The molecular formula is C20H25N3O2. The Hall–Kier alpha value is -2.56. The van der Waals surface area contributed by atoms with E-state index in [1.165, 1.54) is 0 Å². The monoisotopic (exact) mass is 339 g/mol. The van der Waals surface area contributed by atoms with Crippen molar-refractivity contribution in [3.63, 3.8) is 0 Å². The highest BCUT2D eigenvalue weighted by Crippen LogP contribution is 2.23. The highest BCUT2D eigenvalue weighted by Gasteiger charge is 2.29. The minimum absolute atomic E-state index is 0.174. The van der Waals surface area contributed by atoms with Gasteiger partial charge in [0.15, 0.2) is 0 Å². The molecule has 1 aliphatic rings. The molecule has 2 atom stereocenters. The van der Waals surface area contributed by atoms with Crippen molar-refractivity contribution in [3.05, 3.63) is 48.0 Å². The van der Waals surface area contributed by atoms with Crippen LogP contribution in [0, 0.1) is 5.92 Å². The fraction of sp³-hybridized carbons (Fsp3) is 0.400. The van der Waals surface area contributed by atoms with Gasteiger partial charge in [-0.3, -0.25) is 4.79 Å². The molecule has 0 aromatic heterocycles. The van der Waals surface area contributed by atoms with E-state index in [1.807, 2.05) is 24.3 Å². The van der Waals surface area contributed by atoms with E-state index in [0.29, 0.717) is 6.54 Å². The molecule has 1 saturated carbocycles. The summed E-state index contributed by atoms with van der Waals surface area (Å²) < 4.78 is 0. The van der Waals surface area contributed by atoms with E-state index in [0.717, 1.165) is 48.4 Å². The van der Waals surface area contributed by atoms with Gasteiger partial charge in [-0.05, 0) is 29.2 Å². The first kappa shape index (κ1) is 17.3. The number of fused-ring (bicyclic) bond motifs is 1. The third-order valence-corrected chi connectivity index (χ3v) is 5.02. The Labute approximate surface area is 148 Å². The summed E-state index contributed by atoms with van der Waals surface area (Å²) in [5.41, 5.74) is 6.59. The number of urea groups is 1. The molecule has 2 aromatic carbocycles. The Morgan fingerprint density at radius 1 is 1.00 bits per heavy atom. The first-order valence-electron chi connectivity index (χ1n) is 8.95. The lowest BCUT2D eigenvalue weighted by molar-refractivity contribution is -0.122. The van der Waals surface area contributed by atoms with Crippen molar-refractivity contribution in [2.75, 3.05) is 0 Å². The summed E-state index contributed by atoms with van der Waals surface area (Å²) in [4.78, 5) is 24.0. The maximum atomic E-state index is 12.3. The molecule has 5 nitrogen and oxygen atoms in total. The third kappa shape index (κ3) is 4.29. The quantitative estimate of drug-likeness (QED) is 0.748. The minimum atomic E-state index is -0.318. The first-order chi connectivity index (χ1) is 12.1. The number of hydrogen-bond acceptors (Lipinski definition) is 2. The van der Waals surface area contributed by atoms with Gasteiger partial charge in [0.25, 0.3) is 0 Å². The minimum Gasteiger partial charge on any atom is -0.369 e. The fourth-order valence-electron chi connectivity index (χ4n) is 3.66. The number of carbonyl (C=O) groups excluding carboxylic acids is 2.